The van der Waals surface area contributed by atoms with Gasteiger partial charge in [0, 0.05) is 73.3 Å². The van der Waals surface area contributed by atoms with E-state index in [4.69, 9.17) is 81.4 Å². The summed E-state index contributed by atoms with van der Waals surface area (Å²) in [6.07, 6.45) is 12.2. The summed E-state index contributed by atoms with van der Waals surface area (Å²) in [5.74, 6) is 0. The number of aryl methyl sites for hydroxylation is 4. The molecule has 0 bridgehead atoms. The Labute approximate surface area is 579 Å². The maximum Gasteiger partial charge on any atom is 0.349 e. The van der Waals surface area contributed by atoms with E-state index in [1.807, 2.05) is 110 Å². The minimum absolute atomic E-state index is 0. The second kappa shape index (κ2) is 45.2. The van der Waals surface area contributed by atoms with Gasteiger partial charge in [-0.1, -0.05) is 0 Å². The van der Waals surface area contributed by atoms with Gasteiger partial charge in [0.2, 0.25) is 0 Å². The molecule has 5 rings (SSSR count). The highest BCUT2D eigenvalue weighted by molar-refractivity contribution is 7.79. The molecule has 0 saturated heterocycles. The Hall–Kier alpha value is 1.36. The van der Waals surface area contributed by atoms with Crippen molar-refractivity contribution in [2.75, 3.05) is 150 Å². The normalized spacial score (nSPS) is 28.3. The standard InChI is InChI=1S/2C17H34N4O6P3.C14H36N4O6P3.ClH.2HI/c2*1-7-24-28(22-5)18-29(23-6,25-8-2)20-30(19-28,26-9-3)27-16-10-11-17-12-14-21(4)15-13-17;1-9-21-25(19-7)15-26(20-8,22-10-2)17-27(16-25,23-11-3)24-14-12-13-18(4,5)6;;;/h2*12-15H,7-11,16H2,1-6H3;9-14H2,1-8H3;3*1H/q3*+1;;;/p-3. The summed E-state index contributed by atoms with van der Waals surface area (Å²) in [5.41, 5.74) is 2.46. The molecule has 90 heavy (non-hydrogen) atoms. The Bertz CT molecular complexity index is 2780. The van der Waals surface area contributed by atoms with Gasteiger partial charge in [0.25, 0.3) is 0 Å². The molecule has 42 heteroatoms. The van der Waals surface area contributed by atoms with Crippen LogP contribution in [-0.2, 0) is 108 Å². The number of rotatable bonds is 39. The van der Waals surface area contributed by atoms with Gasteiger partial charge in [-0.25, -0.2) is 9.13 Å². The van der Waals surface area contributed by atoms with Crippen molar-refractivity contribution in [2.24, 2.45) is 54.7 Å². The summed E-state index contributed by atoms with van der Waals surface area (Å²) in [6, 6.07) is 8.37. The molecule has 9 unspecified atom stereocenters. The lowest BCUT2D eigenvalue weighted by Crippen LogP contribution is -3.00. The van der Waals surface area contributed by atoms with Crippen LogP contribution in [0.15, 0.2) is 89.7 Å². The molecule has 5 heterocycles. The van der Waals surface area contributed by atoms with Crippen molar-refractivity contribution >= 4 is 68.9 Å². The first kappa shape index (κ1) is 91.4. The quantitative estimate of drug-likeness (QED) is 0.0203. The van der Waals surface area contributed by atoms with Gasteiger partial charge >= 0.3 is 68.9 Å². The molecule has 3 aliphatic rings. The monoisotopic (exact) mass is 1700 g/mol. The summed E-state index contributed by atoms with van der Waals surface area (Å²) >= 11 is 0. The lowest BCUT2D eigenvalue weighted by molar-refractivity contribution is -0.870. The maximum atomic E-state index is 6.19. The van der Waals surface area contributed by atoms with E-state index < -0.39 is 68.9 Å². The van der Waals surface area contributed by atoms with Crippen LogP contribution in [0.4, 0.5) is 0 Å². The average Bonchev–Trinajstić information content (AvgIpc) is 0.795. The first-order chi connectivity index (χ1) is 41.4. The Balaban J connectivity index is 0.00000130. The number of quaternary nitrogens is 1. The van der Waals surface area contributed by atoms with Crippen molar-refractivity contribution in [1.29, 1.82) is 0 Å². The fraction of sp³-hybridized carbons (Fsp3) is 0.792. The fourth-order valence-electron chi connectivity index (χ4n) is 7.48. The molecule has 30 nitrogen and oxygen atoms in total. The first-order valence-corrected chi connectivity index (χ1v) is 42.7. The van der Waals surface area contributed by atoms with Crippen molar-refractivity contribution in [3.05, 3.63) is 60.2 Å². The van der Waals surface area contributed by atoms with Crippen LogP contribution < -0.4 is 69.5 Å². The molecule has 0 fully saturated rings. The van der Waals surface area contributed by atoms with Crippen molar-refractivity contribution in [1.82, 2.24) is 0 Å². The zero-order chi connectivity index (χ0) is 64.8. The molecule has 0 aliphatic carbocycles. The third kappa shape index (κ3) is 29.3. The van der Waals surface area contributed by atoms with E-state index in [0.29, 0.717) is 79.3 Å². The highest BCUT2D eigenvalue weighted by Gasteiger charge is 2.45. The summed E-state index contributed by atoms with van der Waals surface area (Å²) in [6.45, 7) is 22.2. The van der Waals surface area contributed by atoms with Gasteiger partial charge < -0.3 is 146 Å². The van der Waals surface area contributed by atoms with Gasteiger partial charge in [-0.2, -0.15) is 0 Å². The Kier molecular flexibility index (Phi) is 45.9. The summed E-state index contributed by atoms with van der Waals surface area (Å²) in [5, 5.41) is 0. The fourth-order valence-corrected chi connectivity index (χ4v) is 35.4. The minimum atomic E-state index is -3.10. The van der Waals surface area contributed by atoms with Gasteiger partial charge in [0.1, 0.15) is 14.1 Å². The first-order valence-electron chi connectivity index (χ1n) is 28.9. The molecular weight excluding hydrogens is 1600 g/mol. The predicted molar refractivity (Wildman–Crippen MR) is 348 cm³/mol. The van der Waals surface area contributed by atoms with E-state index in [0.717, 1.165) is 43.1 Å². The highest BCUT2D eigenvalue weighted by atomic mass is 127. The molecule has 0 saturated carbocycles. The van der Waals surface area contributed by atoms with E-state index in [1.165, 1.54) is 53.8 Å². The molecular formula is C48H104ClI2N12O18P9. The second-order valence-corrected chi connectivity index (χ2v) is 39.5. The molecule has 530 valence electrons. The van der Waals surface area contributed by atoms with E-state index >= 15 is 0 Å². The number of hydrogen-bond donors (Lipinski definition) is 0. The third-order valence-corrected chi connectivity index (χ3v) is 37.2. The Morgan fingerprint density at radius 3 is 0.711 bits per heavy atom. The van der Waals surface area contributed by atoms with Crippen molar-refractivity contribution < 1.29 is 155 Å². The summed E-state index contributed by atoms with van der Waals surface area (Å²) in [4.78, 5) is 0. The number of pyridine rings is 2. The number of halogens is 3. The molecule has 3 aliphatic heterocycles. The van der Waals surface area contributed by atoms with Gasteiger partial charge in [-0.15, -0.1) is 40.6 Å². The molecule has 2 aromatic heterocycles. The van der Waals surface area contributed by atoms with Crippen LogP contribution in [0.25, 0.3) is 0 Å². The van der Waals surface area contributed by atoms with E-state index in [1.54, 1.807) is 0 Å². The van der Waals surface area contributed by atoms with Crippen LogP contribution in [0.3, 0.4) is 0 Å². The van der Waals surface area contributed by atoms with Crippen LogP contribution in [0, 0.1) is 0 Å². The molecule has 0 N–H and O–H groups in total. The molecule has 0 amide bonds. The Morgan fingerprint density at radius 2 is 0.511 bits per heavy atom. The van der Waals surface area contributed by atoms with Crippen LogP contribution in [-0.4, -0.2) is 154 Å². The highest BCUT2D eigenvalue weighted by Crippen LogP contribution is 2.82. The maximum absolute atomic E-state index is 6.19. The van der Waals surface area contributed by atoms with Gasteiger partial charge in [-0.3, -0.25) is 0 Å². The molecule has 0 radical (unpaired) electrons. The van der Waals surface area contributed by atoms with Crippen molar-refractivity contribution in [3.63, 3.8) is 0 Å². The SMILES string of the molecule is CCOP1(OC)=NP(OC)(OCC)=NP(OCC)(OCCC[N+](C)(C)C)=N1.CCOP1(OC)=NP(OC)(OCC)=NP(OCC)(OCCCc2cc[n+](C)cc2)=N1.CCOP1(OC)=NP(OC)(OCC)=NP(OCC)(OCCCc2cc[n+](C)cc2)=N1.[Cl-].[I-].[I-]. The van der Waals surface area contributed by atoms with E-state index in [2.05, 4.69) is 86.0 Å². The topological polar surface area (TPSA) is 285 Å². The van der Waals surface area contributed by atoms with Crippen molar-refractivity contribution in [2.45, 2.75) is 94.4 Å². The zero-order valence-corrected chi connectivity index (χ0v) is 69.3. The van der Waals surface area contributed by atoms with E-state index in [9.17, 15) is 0 Å². The van der Waals surface area contributed by atoms with Crippen molar-refractivity contribution in [3.8, 4) is 0 Å². The largest absolute Gasteiger partial charge is 1.00 e. The zero-order valence-electron chi connectivity index (χ0n) is 56.2. The van der Waals surface area contributed by atoms with E-state index in [-0.39, 0.29) is 60.4 Å². The number of aromatic nitrogens is 2. The molecule has 2 aromatic rings. The average molecular weight is 1710 g/mol. The lowest BCUT2D eigenvalue weighted by atomic mass is 10.1. The molecule has 0 spiro atoms. The van der Waals surface area contributed by atoms with Gasteiger partial charge in [0.15, 0.2) is 24.8 Å². The molecule has 9 atom stereocenters. The third-order valence-electron chi connectivity index (χ3n) is 11.2. The number of nitrogens with zero attached hydrogens (tertiary/aromatic N) is 12. The second-order valence-electron chi connectivity index (χ2n) is 18.9. The molecule has 0 aromatic carbocycles. The van der Waals surface area contributed by atoms with Gasteiger partial charge in [0.05, 0.1) is 107 Å². The summed E-state index contributed by atoms with van der Waals surface area (Å²) in [7, 11) is -8.07. The minimum Gasteiger partial charge on any atom is -1.00 e. The Morgan fingerprint density at radius 1 is 0.322 bits per heavy atom. The van der Waals surface area contributed by atoms with Gasteiger partial charge in [-0.05, 0) is 99.1 Å². The van der Waals surface area contributed by atoms with Crippen LogP contribution in [0.1, 0.15) is 92.7 Å². The van der Waals surface area contributed by atoms with Crippen LogP contribution in [0.5, 0.6) is 0 Å². The summed E-state index contributed by atoms with van der Waals surface area (Å²) < 4.78 is 152. The number of hydrogen-bond acceptors (Lipinski definition) is 27. The lowest BCUT2D eigenvalue weighted by Gasteiger charge is -2.32. The smallest absolute Gasteiger partial charge is 0.349 e. The van der Waals surface area contributed by atoms with Crippen LogP contribution in [0.2, 0.25) is 0 Å². The van der Waals surface area contributed by atoms with Crippen LogP contribution >= 0.6 is 68.9 Å². The predicted octanol–water partition coefficient (Wildman–Crippen LogP) is 7.80.